The molecule has 1 fully saturated rings. The first-order valence-corrected chi connectivity index (χ1v) is 9.55. The fraction of sp³-hybridized carbons (Fsp3) is 0.250. The Morgan fingerprint density at radius 2 is 1.96 bits per heavy atom. The molecule has 1 N–H and O–H groups in total. The number of nitrogens with zero attached hydrogens (tertiary/aromatic N) is 2. The lowest BCUT2D eigenvalue weighted by molar-refractivity contribution is -0.0243. The zero-order chi connectivity index (χ0) is 18.8. The van der Waals surface area contributed by atoms with E-state index in [4.69, 9.17) is 4.74 Å². The Hall–Kier alpha value is -2.38. The number of rotatable bonds is 2. The van der Waals surface area contributed by atoms with Crippen molar-refractivity contribution in [1.82, 2.24) is 15.3 Å². The van der Waals surface area contributed by atoms with Crippen LogP contribution < -0.4 is 5.43 Å². The first-order valence-electron chi connectivity index (χ1n) is 8.76. The van der Waals surface area contributed by atoms with Crippen molar-refractivity contribution in [3.63, 3.8) is 0 Å². The Balaban J connectivity index is 1.50. The second kappa shape index (κ2) is 7.70. The van der Waals surface area contributed by atoms with Gasteiger partial charge in [-0.3, -0.25) is 0 Å². The number of carbonyl (C=O) groups excluding carboxylic acids is 1. The molecule has 0 saturated carbocycles. The first-order chi connectivity index (χ1) is 13.1. The predicted molar refractivity (Wildman–Crippen MR) is 103 cm³/mol. The van der Waals surface area contributed by atoms with Gasteiger partial charge in [-0.05, 0) is 29.8 Å². The quantitative estimate of drug-likeness (QED) is 0.776. The third-order valence-electron chi connectivity index (χ3n) is 4.78. The van der Waals surface area contributed by atoms with Crippen molar-refractivity contribution >= 4 is 22.0 Å². The number of amides is 2. The Kier molecular flexibility index (Phi) is 5.13. The van der Waals surface area contributed by atoms with Crippen LogP contribution in [0.3, 0.4) is 0 Å². The zero-order valence-corrected chi connectivity index (χ0v) is 16.1. The van der Waals surface area contributed by atoms with Crippen molar-refractivity contribution in [3.8, 4) is 0 Å². The molecule has 2 aromatic rings. The van der Waals surface area contributed by atoms with Crippen molar-refractivity contribution in [2.75, 3.05) is 19.7 Å². The smallest absolute Gasteiger partial charge is 0.339 e. The lowest BCUT2D eigenvalue weighted by Gasteiger charge is -2.37. The molecule has 2 aromatic carbocycles. The Bertz CT molecular complexity index is 859. The zero-order valence-electron chi connectivity index (χ0n) is 14.5. The van der Waals surface area contributed by atoms with Crippen molar-refractivity contribution in [2.24, 2.45) is 0 Å². The van der Waals surface area contributed by atoms with Crippen LogP contribution in [-0.4, -0.2) is 35.6 Å². The number of urea groups is 1. The van der Waals surface area contributed by atoms with E-state index in [9.17, 15) is 9.18 Å². The Labute approximate surface area is 165 Å². The minimum absolute atomic E-state index is 0.155. The van der Waals surface area contributed by atoms with Gasteiger partial charge in [0.25, 0.3) is 0 Å². The SMILES string of the molecule is O=C(N1CCOC(c2ccccc2F)C1)N1NC=CC1c1ccc(Br)cc1. The molecule has 7 heteroatoms. The molecule has 2 unspecified atom stereocenters. The lowest BCUT2D eigenvalue weighted by Crippen LogP contribution is -2.51. The minimum Gasteiger partial charge on any atom is -0.370 e. The van der Waals surface area contributed by atoms with E-state index in [0.29, 0.717) is 25.3 Å². The monoisotopic (exact) mass is 431 g/mol. The van der Waals surface area contributed by atoms with Crippen LogP contribution in [0, 0.1) is 5.82 Å². The van der Waals surface area contributed by atoms with Crippen LogP contribution in [0.2, 0.25) is 0 Å². The van der Waals surface area contributed by atoms with Gasteiger partial charge in [-0.15, -0.1) is 0 Å². The van der Waals surface area contributed by atoms with Gasteiger partial charge in [0.2, 0.25) is 0 Å². The van der Waals surface area contributed by atoms with Crippen LogP contribution in [-0.2, 0) is 4.74 Å². The number of benzene rings is 2. The highest BCUT2D eigenvalue weighted by Crippen LogP contribution is 2.29. The highest BCUT2D eigenvalue weighted by Gasteiger charge is 2.34. The summed E-state index contributed by atoms with van der Waals surface area (Å²) < 4.78 is 20.8. The lowest BCUT2D eigenvalue weighted by atomic mass is 10.1. The van der Waals surface area contributed by atoms with Gasteiger partial charge < -0.3 is 15.1 Å². The number of nitrogens with one attached hydrogen (secondary N) is 1. The van der Waals surface area contributed by atoms with Crippen LogP contribution in [0.1, 0.15) is 23.3 Å². The number of halogens is 2. The molecule has 2 aliphatic heterocycles. The van der Waals surface area contributed by atoms with E-state index in [1.807, 2.05) is 30.3 Å². The van der Waals surface area contributed by atoms with Crippen LogP contribution in [0.4, 0.5) is 9.18 Å². The number of morpholine rings is 1. The highest BCUT2D eigenvalue weighted by molar-refractivity contribution is 9.10. The predicted octanol–water partition coefficient (Wildman–Crippen LogP) is 4.16. The van der Waals surface area contributed by atoms with Gasteiger partial charge in [0.15, 0.2) is 0 Å². The summed E-state index contributed by atoms with van der Waals surface area (Å²) in [6, 6.07) is 14.1. The molecular weight excluding hydrogens is 413 g/mol. The summed E-state index contributed by atoms with van der Waals surface area (Å²) in [5, 5.41) is 1.59. The van der Waals surface area contributed by atoms with Gasteiger partial charge in [0.05, 0.1) is 19.2 Å². The van der Waals surface area contributed by atoms with Crippen molar-refractivity contribution in [3.05, 3.63) is 82.2 Å². The van der Waals surface area contributed by atoms with Crippen LogP contribution in [0.15, 0.2) is 65.3 Å². The number of ether oxygens (including phenoxy) is 1. The van der Waals surface area contributed by atoms with Crippen LogP contribution in [0.5, 0.6) is 0 Å². The molecule has 0 spiro atoms. The number of carbonyl (C=O) groups is 1. The van der Waals surface area contributed by atoms with E-state index in [0.717, 1.165) is 10.0 Å². The molecule has 2 heterocycles. The van der Waals surface area contributed by atoms with E-state index >= 15 is 0 Å². The normalized spacial score (nSPS) is 22.0. The molecule has 2 aliphatic rings. The minimum atomic E-state index is -0.467. The summed E-state index contributed by atoms with van der Waals surface area (Å²) in [5.74, 6) is -0.314. The second-order valence-corrected chi connectivity index (χ2v) is 7.38. The summed E-state index contributed by atoms with van der Waals surface area (Å²) in [4.78, 5) is 14.8. The van der Waals surface area contributed by atoms with Gasteiger partial charge in [-0.2, -0.15) is 0 Å². The summed E-state index contributed by atoms with van der Waals surface area (Å²) in [5.41, 5.74) is 4.50. The maximum absolute atomic E-state index is 14.1. The van der Waals surface area contributed by atoms with Gasteiger partial charge in [-0.1, -0.05) is 46.3 Å². The maximum atomic E-state index is 14.1. The Morgan fingerprint density at radius 3 is 2.74 bits per heavy atom. The molecule has 5 nitrogen and oxygen atoms in total. The average Bonchev–Trinajstić information content (AvgIpc) is 3.18. The fourth-order valence-corrected chi connectivity index (χ4v) is 3.64. The van der Waals surface area contributed by atoms with Gasteiger partial charge in [0, 0.05) is 22.8 Å². The summed E-state index contributed by atoms with van der Waals surface area (Å²) in [6.45, 7) is 1.15. The van der Waals surface area contributed by atoms with Crippen molar-refractivity contribution < 1.29 is 13.9 Å². The molecule has 0 bridgehead atoms. The number of hydrogen-bond donors (Lipinski definition) is 1. The van der Waals surface area contributed by atoms with Crippen LogP contribution >= 0.6 is 15.9 Å². The molecule has 2 atom stereocenters. The van der Waals surface area contributed by atoms with E-state index in [-0.39, 0.29) is 17.9 Å². The first kappa shape index (κ1) is 18.0. The second-order valence-electron chi connectivity index (χ2n) is 6.46. The van der Waals surface area contributed by atoms with Crippen molar-refractivity contribution in [2.45, 2.75) is 12.1 Å². The summed E-state index contributed by atoms with van der Waals surface area (Å²) in [6.07, 6.45) is 3.24. The van der Waals surface area contributed by atoms with Gasteiger partial charge in [-0.25, -0.2) is 14.2 Å². The molecule has 0 radical (unpaired) electrons. The molecule has 2 amide bonds. The largest absolute Gasteiger partial charge is 0.370 e. The molecule has 0 aromatic heterocycles. The summed E-state index contributed by atoms with van der Waals surface area (Å²) >= 11 is 3.43. The van der Waals surface area contributed by atoms with Crippen molar-refractivity contribution in [1.29, 1.82) is 0 Å². The third-order valence-corrected chi connectivity index (χ3v) is 5.31. The Morgan fingerprint density at radius 1 is 1.19 bits per heavy atom. The molecule has 1 saturated heterocycles. The standard InChI is InChI=1S/C20H19BrFN3O2/c21-15-7-5-14(6-8-15)18-9-10-23-25(18)20(26)24-11-12-27-19(13-24)16-3-1-2-4-17(16)22/h1-10,18-19,23H,11-13H2. The third kappa shape index (κ3) is 3.70. The molecule has 4 rings (SSSR count). The van der Waals surface area contributed by atoms with Gasteiger partial charge >= 0.3 is 6.03 Å². The average molecular weight is 432 g/mol. The topological polar surface area (TPSA) is 44.8 Å². The maximum Gasteiger partial charge on any atom is 0.339 e. The van der Waals surface area contributed by atoms with E-state index < -0.39 is 6.10 Å². The van der Waals surface area contributed by atoms with Crippen LogP contribution in [0.25, 0.3) is 0 Å². The molecular formula is C20H19BrFN3O2. The number of hydrazine groups is 1. The fourth-order valence-electron chi connectivity index (χ4n) is 3.37. The summed E-state index contributed by atoms with van der Waals surface area (Å²) in [7, 11) is 0. The van der Waals surface area contributed by atoms with E-state index in [1.54, 1.807) is 34.3 Å². The number of hydrogen-bond acceptors (Lipinski definition) is 3. The molecule has 140 valence electrons. The highest BCUT2D eigenvalue weighted by atomic mass is 79.9. The molecule has 0 aliphatic carbocycles. The molecule has 27 heavy (non-hydrogen) atoms. The van der Waals surface area contributed by atoms with E-state index in [2.05, 4.69) is 21.4 Å². The van der Waals surface area contributed by atoms with E-state index in [1.165, 1.54) is 6.07 Å². The van der Waals surface area contributed by atoms with Gasteiger partial charge in [0.1, 0.15) is 11.9 Å².